The summed E-state index contributed by atoms with van der Waals surface area (Å²) in [6.45, 7) is 7.00. The zero-order valence-corrected chi connectivity index (χ0v) is 18.0. The van der Waals surface area contributed by atoms with E-state index in [1.54, 1.807) is 6.07 Å². The molecule has 2 N–H and O–H groups in total. The van der Waals surface area contributed by atoms with Crippen LogP contribution in [0.25, 0.3) is 11.0 Å². The molecule has 0 bridgehead atoms. The molecule has 150 valence electrons. The van der Waals surface area contributed by atoms with Gasteiger partial charge in [-0.1, -0.05) is 18.7 Å². The maximum Gasteiger partial charge on any atom is 0.238 e. The fraction of sp³-hybridized carbons (Fsp3) is 0.368. The van der Waals surface area contributed by atoms with E-state index in [1.807, 2.05) is 31.5 Å². The van der Waals surface area contributed by atoms with Crippen LogP contribution in [0.15, 0.2) is 34.3 Å². The Balaban J connectivity index is 1.83. The van der Waals surface area contributed by atoms with Crippen molar-refractivity contribution < 1.29 is 13.2 Å². The number of ketones is 1. The topological polar surface area (TPSA) is 100.0 Å². The van der Waals surface area contributed by atoms with Gasteiger partial charge >= 0.3 is 0 Å². The zero-order chi connectivity index (χ0) is 20.6. The van der Waals surface area contributed by atoms with E-state index in [4.69, 9.17) is 5.14 Å². The van der Waals surface area contributed by atoms with Crippen LogP contribution in [0.2, 0.25) is 0 Å². The minimum atomic E-state index is -3.78. The first-order chi connectivity index (χ1) is 13.1. The molecule has 28 heavy (non-hydrogen) atoms. The normalized spacial score (nSPS) is 12.0. The fourth-order valence-corrected chi connectivity index (χ4v) is 4.73. The van der Waals surface area contributed by atoms with Crippen molar-refractivity contribution in [3.8, 4) is 0 Å². The van der Waals surface area contributed by atoms with Crippen molar-refractivity contribution in [2.75, 3.05) is 5.75 Å². The molecule has 0 atom stereocenters. The van der Waals surface area contributed by atoms with Crippen LogP contribution in [0.4, 0.5) is 0 Å². The lowest BCUT2D eigenvalue weighted by molar-refractivity contribution is 0.102. The molecule has 0 aliphatic heterocycles. The minimum absolute atomic E-state index is 0.0223. The second-order valence-corrected chi connectivity index (χ2v) is 9.30. The maximum absolute atomic E-state index is 12.8. The Morgan fingerprint density at radius 3 is 2.61 bits per heavy atom. The van der Waals surface area contributed by atoms with Gasteiger partial charge < -0.3 is 9.13 Å². The Bertz CT molecular complexity index is 1160. The molecule has 9 heteroatoms. The first kappa shape index (κ1) is 20.6. The number of aromatic nitrogens is 3. The van der Waals surface area contributed by atoms with Crippen molar-refractivity contribution in [1.29, 1.82) is 0 Å². The van der Waals surface area contributed by atoms with E-state index < -0.39 is 10.0 Å². The van der Waals surface area contributed by atoms with Crippen molar-refractivity contribution in [1.82, 2.24) is 14.1 Å². The van der Waals surface area contributed by atoms with Gasteiger partial charge in [0.15, 0.2) is 10.9 Å². The summed E-state index contributed by atoms with van der Waals surface area (Å²) >= 11 is 1.34. The molecule has 0 aliphatic carbocycles. The van der Waals surface area contributed by atoms with Gasteiger partial charge in [0.1, 0.15) is 0 Å². The van der Waals surface area contributed by atoms with Crippen LogP contribution >= 0.6 is 11.8 Å². The second kappa shape index (κ2) is 7.73. The van der Waals surface area contributed by atoms with Crippen LogP contribution in [0.3, 0.4) is 0 Å². The number of Topliss-reactive ketones (excluding diaryl/α,β-unsaturated/α-hetero) is 1. The molecular formula is C19H24N4O3S2. The van der Waals surface area contributed by atoms with Gasteiger partial charge in [-0.25, -0.2) is 18.5 Å². The Labute approximate surface area is 169 Å². The molecule has 7 nitrogen and oxygen atoms in total. The van der Waals surface area contributed by atoms with Gasteiger partial charge in [-0.15, -0.1) is 0 Å². The molecule has 0 unspecified atom stereocenters. The maximum atomic E-state index is 12.8. The van der Waals surface area contributed by atoms with Gasteiger partial charge in [-0.05, 0) is 44.5 Å². The highest BCUT2D eigenvalue weighted by molar-refractivity contribution is 7.99. The van der Waals surface area contributed by atoms with Crippen LogP contribution in [-0.4, -0.2) is 34.1 Å². The Morgan fingerprint density at radius 1 is 1.25 bits per heavy atom. The summed E-state index contributed by atoms with van der Waals surface area (Å²) in [6.07, 6.45) is 1.01. The molecule has 0 saturated carbocycles. The number of nitrogens with two attached hydrogens (primary N) is 1. The highest BCUT2D eigenvalue weighted by Gasteiger charge is 2.18. The predicted octanol–water partition coefficient (Wildman–Crippen LogP) is 3.02. The standard InChI is InChI=1S/C19H24N4O3S2/c1-5-8-23-12(2)9-15(13(23)3)18(24)11-27-19-21-16-10-14(28(20,25)26)6-7-17(16)22(19)4/h6-7,9-10H,5,8,11H2,1-4H3,(H2,20,25,26). The lowest BCUT2D eigenvalue weighted by atomic mass is 10.2. The molecule has 3 aromatic rings. The third-order valence-corrected chi connectivity index (χ3v) is 6.73. The summed E-state index contributed by atoms with van der Waals surface area (Å²) in [5.74, 6) is 0.313. The van der Waals surface area contributed by atoms with Crippen LogP contribution < -0.4 is 5.14 Å². The third-order valence-electron chi connectivity index (χ3n) is 4.79. The lowest BCUT2D eigenvalue weighted by Gasteiger charge is -2.07. The van der Waals surface area contributed by atoms with Crippen LogP contribution in [0.5, 0.6) is 0 Å². The number of carbonyl (C=O) groups is 1. The van der Waals surface area contributed by atoms with E-state index in [0.29, 0.717) is 10.7 Å². The molecule has 0 saturated heterocycles. The SMILES string of the molecule is CCCn1c(C)cc(C(=O)CSc2nc3cc(S(N)(=O)=O)ccc3n2C)c1C. The first-order valence-electron chi connectivity index (χ1n) is 8.95. The van der Waals surface area contributed by atoms with E-state index >= 15 is 0 Å². The summed E-state index contributed by atoms with van der Waals surface area (Å²) in [5, 5.41) is 5.84. The first-order valence-corrected chi connectivity index (χ1v) is 11.5. The van der Waals surface area contributed by atoms with Gasteiger partial charge in [0.05, 0.1) is 21.7 Å². The van der Waals surface area contributed by atoms with E-state index in [-0.39, 0.29) is 16.4 Å². The van der Waals surface area contributed by atoms with Gasteiger partial charge in [-0.2, -0.15) is 0 Å². The summed E-state index contributed by atoms with van der Waals surface area (Å²) < 4.78 is 27.1. The number of hydrogen-bond donors (Lipinski definition) is 1. The smallest absolute Gasteiger partial charge is 0.238 e. The number of carbonyl (C=O) groups excluding carboxylic acids is 1. The van der Waals surface area contributed by atoms with Gasteiger partial charge in [0.2, 0.25) is 10.0 Å². The van der Waals surface area contributed by atoms with Gasteiger partial charge in [0.25, 0.3) is 0 Å². The molecule has 0 radical (unpaired) electrons. The minimum Gasteiger partial charge on any atom is -0.348 e. The van der Waals surface area contributed by atoms with E-state index in [9.17, 15) is 13.2 Å². The Hall–Kier alpha value is -2.10. The lowest BCUT2D eigenvalue weighted by Crippen LogP contribution is -2.11. The second-order valence-electron chi connectivity index (χ2n) is 6.80. The Kier molecular flexibility index (Phi) is 5.69. The van der Waals surface area contributed by atoms with Crippen molar-refractivity contribution in [3.05, 3.63) is 41.2 Å². The molecular weight excluding hydrogens is 396 g/mol. The molecule has 0 aliphatic rings. The van der Waals surface area contributed by atoms with Crippen LogP contribution in [-0.2, 0) is 23.6 Å². The van der Waals surface area contributed by atoms with E-state index in [0.717, 1.165) is 35.4 Å². The van der Waals surface area contributed by atoms with Crippen molar-refractivity contribution in [2.45, 2.75) is 43.8 Å². The molecule has 0 fully saturated rings. The summed E-state index contributed by atoms with van der Waals surface area (Å²) in [6, 6.07) is 6.53. The number of primary sulfonamides is 1. The number of rotatable bonds is 7. The number of imidazole rings is 1. The number of aryl methyl sites for hydroxylation is 2. The number of fused-ring (bicyclic) bond motifs is 1. The molecule has 0 amide bonds. The van der Waals surface area contributed by atoms with Crippen LogP contribution in [0, 0.1) is 13.8 Å². The van der Waals surface area contributed by atoms with Crippen molar-refractivity contribution >= 4 is 38.6 Å². The van der Waals surface area contributed by atoms with Gasteiger partial charge in [-0.3, -0.25) is 4.79 Å². The molecule has 0 spiro atoms. The van der Waals surface area contributed by atoms with Crippen LogP contribution in [0.1, 0.15) is 35.1 Å². The number of benzene rings is 1. The highest BCUT2D eigenvalue weighted by atomic mass is 32.2. The predicted molar refractivity (Wildman–Crippen MR) is 111 cm³/mol. The third kappa shape index (κ3) is 3.87. The molecule has 2 aromatic heterocycles. The molecule has 1 aromatic carbocycles. The monoisotopic (exact) mass is 420 g/mol. The average molecular weight is 421 g/mol. The van der Waals surface area contributed by atoms with E-state index in [1.165, 1.54) is 23.9 Å². The largest absolute Gasteiger partial charge is 0.348 e. The van der Waals surface area contributed by atoms with Crippen molar-refractivity contribution in [3.63, 3.8) is 0 Å². The molecule has 2 heterocycles. The summed E-state index contributed by atoms with van der Waals surface area (Å²) in [4.78, 5) is 17.3. The number of nitrogens with zero attached hydrogens (tertiary/aromatic N) is 3. The highest BCUT2D eigenvalue weighted by Crippen LogP contribution is 2.26. The fourth-order valence-electron chi connectivity index (χ4n) is 3.32. The number of hydrogen-bond acceptors (Lipinski definition) is 5. The average Bonchev–Trinajstić information content (AvgIpc) is 3.10. The zero-order valence-electron chi connectivity index (χ0n) is 16.4. The van der Waals surface area contributed by atoms with Gasteiger partial charge in [0, 0.05) is 30.5 Å². The Morgan fingerprint density at radius 2 is 1.96 bits per heavy atom. The summed E-state index contributed by atoms with van der Waals surface area (Å²) in [5.41, 5.74) is 4.14. The number of thioether (sulfide) groups is 1. The summed E-state index contributed by atoms with van der Waals surface area (Å²) in [7, 11) is -1.94. The van der Waals surface area contributed by atoms with E-state index in [2.05, 4.69) is 16.5 Å². The van der Waals surface area contributed by atoms with Crippen molar-refractivity contribution in [2.24, 2.45) is 12.2 Å². The quantitative estimate of drug-likeness (QED) is 0.468. The molecule has 3 rings (SSSR count). The number of sulfonamides is 1.